The molecule has 9 N–H and O–H groups in total. The number of hydrogen-bond donors (Lipinski definition) is 8. The summed E-state index contributed by atoms with van der Waals surface area (Å²) in [5.41, 5.74) is 10.1. The van der Waals surface area contributed by atoms with Gasteiger partial charge in [-0.25, -0.2) is 4.79 Å². The van der Waals surface area contributed by atoms with E-state index < -0.39 is 48.4 Å². The van der Waals surface area contributed by atoms with Gasteiger partial charge in [0.25, 0.3) is 0 Å². The SMILES string of the molecule is NC(Cc1ccc(O)cc1)C(=O)NC(Cc1c[nH]c2ccccc12)C(=O)NCC(=O)NC(Cc1c[nH]c2ccccc12)C(=O)O. The van der Waals surface area contributed by atoms with Crippen LogP contribution < -0.4 is 21.7 Å². The van der Waals surface area contributed by atoms with Crippen molar-refractivity contribution in [1.82, 2.24) is 25.9 Å². The summed E-state index contributed by atoms with van der Waals surface area (Å²) < 4.78 is 0. The molecule has 5 rings (SSSR count). The molecule has 3 atom stereocenters. The van der Waals surface area contributed by atoms with Crippen LogP contribution in [0.3, 0.4) is 0 Å². The number of nitrogens with two attached hydrogens (primary N) is 1. The van der Waals surface area contributed by atoms with Gasteiger partial charge >= 0.3 is 5.97 Å². The van der Waals surface area contributed by atoms with Crippen LogP contribution in [0.15, 0.2) is 85.2 Å². The molecular formula is C33H34N6O6. The quantitative estimate of drug-likeness (QED) is 0.0994. The second-order valence-corrected chi connectivity index (χ2v) is 10.8. The zero-order valence-electron chi connectivity index (χ0n) is 24.2. The molecule has 0 aliphatic rings. The van der Waals surface area contributed by atoms with Crippen molar-refractivity contribution < 1.29 is 29.4 Å². The molecule has 0 aliphatic carbocycles. The molecule has 0 spiro atoms. The number of aliphatic carboxylic acids is 1. The zero-order chi connectivity index (χ0) is 31.9. The molecule has 0 bridgehead atoms. The Kier molecular flexibility index (Phi) is 9.44. The predicted octanol–water partition coefficient (Wildman–Crippen LogP) is 1.88. The lowest BCUT2D eigenvalue weighted by atomic mass is 10.0. The molecule has 0 saturated heterocycles. The highest BCUT2D eigenvalue weighted by Crippen LogP contribution is 2.20. The number of aromatic hydroxyl groups is 1. The van der Waals surface area contributed by atoms with Crippen molar-refractivity contribution in [1.29, 1.82) is 0 Å². The van der Waals surface area contributed by atoms with Gasteiger partial charge in [-0.05, 0) is 47.4 Å². The minimum atomic E-state index is -1.23. The number of aromatic amines is 2. The zero-order valence-corrected chi connectivity index (χ0v) is 24.2. The first-order valence-corrected chi connectivity index (χ1v) is 14.4. The standard InChI is InChI=1S/C33H34N6O6/c34-25(13-19-9-11-22(40)12-10-19)31(42)39-28(14-20-16-35-26-7-3-1-5-23(20)26)32(43)37-18-30(41)38-29(33(44)45)15-21-17-36-27-8-4-2-6-24(21)27/h1-12,16-17,25,28-29,35-36,40H,13-15,18,34H2,(H,37,43)(H,38,41)(H,39,42)(H,44,45). The molecule has 0 fully saturated rings. The number of aromatic nitrogens is 2. The number of carboxylic acids is 1. The van der Waals surface area contributed by atoms with Gasteiger partial charge in [-0.2, -0.15) is 0 Å². The highest BCUT2D eigenvalue weighted by Gasteiger charge is 2.27. The third-order valence-corrected chi connectivity index (χ3v) is 7.62. The number of H-pyrrole nitrogens is 2. The predicted molar refractivity (Wildman–Crippen MR) is 168 cm³/mol. The Morgan fingerprint density at radius 1 is 0.711 bits per heavy atom. The first-order chi connectivity index (χ1) is 21.7. The molecule has 3 aromatic carbocycles. The van der Waals surface area contributed by atoms with Crippen LogP contribution in [0.2, 0.25) is 0 Å². The van der Waals surface area contributed by atoms with Crippen LogP contribution >= 0.6 is 0 Å². The van der Waals surface area contributed by atoms with Crippen molar-refractivity contribution in [2.45, 2.75) is 37.4 Å². The first-order valence-electron chi connectivity index (χ1n) is 14.4. The Bertz CT molecular complexity index is 1830. The number of fused-ring (bicyclic) bond motifs is 2. The molecule has 45 heavy (non-hydrogen) atoms. The van der Waals surface area contributed by atoms with Gasteiger partial charge in [0.2, 0.25) is 17.7 Å². The fourth-order valence-electron chi connectivity index (χ4n) is 5.24. The number of para-hydroxylation sites is 2. The number of nitrogens with one attached hydrogen (secondary N) is 5. The fraction of sp³-hybridized carbons (Fsp3) is 0.212. The van der Waals surface area contributed by atoms with E-state index in [1.165, 1.54) is 12.1 Å². The van der Waals surface area contributed by atoms with E-state index in [1.54, 1.807) is 24.5 Å². The van der Waals surface area contributed by atoms with Gasteiger partial charge in [-0.3, -0.25) is 14.4 Å². The maximum Gasteiger partial charge on any atom is 0.326 e. The second-order valence-electron chi connectivity index (χ2n) is 10.8. The highest BCUT2D eigenvalue weighted by molar-refractivity contribution is 5.94. The molecule has 3 amide bonds. The Hall–Kier alpha value is -5.62. The molecule has 12 heteroatoms. The normalized spacial score (nSPS) is 13.2. The van der Waals surface area contributed by atoms with Gasteiger partial charge in [0.05, 0.1) is 12.6 Å². The van der Waals surface area contributed by atoms with Crippen LogP contribution in [0.1, 0.15) is 16.7 Å². The number of carboxylic acid groups (broad SMARTS) is 1. The Labute approximate surface area is 258 Å². The monoisotopic (exact) mass is 610 g/mol. The number of benzene rings is 3. The minimum Gasteiger partial charge on any atom is -0.508 e. The van der Waals surface area contributed by atoms with Crippen LogP contribution in [0.5, 0.6) is 5.75 Å². The van der Waals surface area contributed by atoms with E-state index in [9.17, 15) is 29.4 Å². The summed E-state index contributed by atoms with van der Waals surface area (Å²) in [6, 6.07) is 17.9. The molecule has 12 nitrogen and oxygen atoms in total. The molecular weight excluding hydrogens is 576 g/mol. The average molecular weight is 611 g/mol. The van der Waals surface area contributed by atoms with Gasteiger partial charge in [0, 0.05) is 47.0 Å². The number of carbonyl (C=O) groups is 4. The highest BCUT2D eigenvalue weighted by atomic mass is 16.4. The van der Waals surface area contributed by atoms with E-state index in [0.29, 0.717) is 0 Å². The number of phenols is 1. The van der Waals surface area contributed by atoms with Crippen molar-refractivity contribution in [2.24, 2.45) is 5.73 Å². The van der Waals surface area contributed by atoms with Crippen molar-refractivity contribution in [2.75, 3.05) is 6.54 Å². The van der Waals surface area contributed by atoms with E-state index in [-0.39, 0.29) is 25.0 Å². The molecule has 0 saturated carbocycles. The largest absolute Gasteiger partial charge is 0.508 e. The fourth-order valence-corrected chi connectivity index (χ4v) is 5.24. The molecule has 5 aromatic rings. The van der Waals surface area contributed by atoms with Gasteiger partial charge in [0.15, 0.2) is 0 Å². The first kappa shape index (κ1) is 30.8. The Morgan fingerprint density at radius 2 is 1.27 bits per heavy atom. The summed E-state index contributed by atoms with van der Waals surface area (Å²) in [4.78, 5) is 57.5. The Balaban J connectivity index is 1.24. The number of rotatable bonds is 13. The van der Waals surface area contributed by atoms with E-state index in [4.69, 9.17) is 5.73 Å². The van der Waals surface area contributed by atoms with E-state index in [1.807, 2.05) is 48.5 Å². The van der Waals surface area contributed by atoms with E-state index >= 15 is 0 Å². The lowest BCUT2D eigenvalue weighted by molar-refractivity contribution is -0.141. The van der Waals surface area contributed by atoms with Crippen LogP contribution in [-0.2, 0) is 38.4 Å². The van der Waals surface area contributed by atoms with Crippen molar-refractivity contribution in [3.05, 3.63) is 102 Å². The molecule has 2 aromatic heterocycles. The van der Waals surface area contributed by atoms with Crippen LogP contribution in [0.4, 0.5) is 0 Å². The van der Waals surface area contributed by atoms with Crippen LogP contribution in [0, 0.1) is 0 Å². The maximum atomic E-state index is 13.4. The number of amides is 3. The van der Waals surface area contributed by atoms with Gasteiger partial charge in [-0.1, -0.05) is 48.5 Å². The average Bonchev–Trinajstić information content (AvgIpc) is 3.64. The molecule has 3 unspecified atom stereocenters. The summed E-state index contributed by atoms with van der Waals surface area (Å²) >= 11 is 0. The molecule has 0 radical (unpaired) electrons. The van der Waals surface area contributed by atoms with Crippen LogP contribution in [-0.4, -0.2) is 68.5 Å². The van der Waals surface area contributed by atoms with Crippen molar-refractivity contribution in [3.63, 3.8) is 0 Å². The number of phenolic OH excluding ortho intramolecular Hbond substituents is 1. The van der Waals surface area contributed by atoms with Crippen molar-refractivity contribution >= 4 is 45.5 Å². The third-order valence-electron chi connectivity index (χ3n) is 7.62. The second kappa shape index (κ2) is 13.8. The summed E-state index contributed by atoms with van der Waals surface area (Å²) in [6.45, 7) is -0.504. The molecule has 232 valence electrons. The summed E-state index contributed by atoms with van der Waals surface area (Å²) in [5.74, 6) is -3.03. The number of carbonyl (C=O) groups excluding carboxylic acids is 3. The summed E-state index contributed by atoms with van der Waals surface area (Å²) in [5, 5.41) is 28.7. The number of hydrogen-bond acceptors (Lipinski definition) is 6. The van der Waals surface area contributed by atoms with E-state index in [2.05, 4.69) is 25.9 Å². The van der Waals surface area contributed by atoms with Gasteiger partial charge in [0.1, 0.15) is 17.8 Å². The summed E-state index contributed by atoms with van der Waals surface area (Å²) in [7, 11) is 0. The van der Waals surface area contributed by atoms with Gasteiger partial charge in [-0.15, -0.1) is 0 Å². The summed E-state index contributed by atoms with van der Waals surface area (Å²) in [6.07, 6.45) is 3.77. The maximum absolute atomic E-state index is 13.4. The topological polar surface area (TPSA) is 202 Å². The molecule has 0 aliphatic heterocycles. The Morgan fingerprint density at radius 3 is 1.84 bits per heavy atom. The molecule has 2 heterocycles. The van der Waals surface area contributed by atoms with Crippen LogP contribution in [0.25, 0.3) is 21.8 Å². The minimum absolute atomic E-state index is 0.0389. The lowest BCUT2D eigenvalue weighted by Gasteiger charge is -2.21. The third kappa shape index (κ3) is 7.67. The smallest absolute Gasteiger partial charge is 0.326 e. The van der Waals surface area contributed by atoms with Gasteiger partial charge < -0.3 is 41.9 Å². The van der Waals surface area contributed by atoms with E-state index in [0.717, 1.165) is 38.5 Å². The lowest BCUT2D eigenvalue weighted by Crippen LogP contribution is -2.54. The van der Waals surface area contributed by atoms with Crippen molar-refractivity contribution in [3.8, 4) is 5.75 Å².